The van der Waals surface area contributed by atoms with Crippen LogP contribution in [0, 0.1) is 11.8 Å². The summed E-state index contributed by atoms with van der Waals surface area (Å²) < 4.78 is 0. The molecule has 0 unspecified atom stereocenters. The topological polar surface area (TPSA) is 32.3 Å². The van der Waals surface area contributed by atoms with Gasteiger partial charge in [-0.3, -0.25) is 4.79 Å². The first-order chi connectivity index (χ1) is 9.33. The van der Waals surface area contributed by atoms with Crippen LogP contribution in [0.1, 0.15) is 57.8 Å². The molecule has 3 aliphatic carbocycles. The summed E-state index contributed by atoms with van der Waals surface area (Å²) in [6, 6.07) is 0.546. The van der Waals surface area contributed by atoms with Crippen LogP contribution in [0.2, 0.25) is 0 Å². The third kappa shape index (κ3) is 4.20. The number of rotatable bonds is 7. The second-order valence-electron chi connectivity index (χ2n) is 6.86. The van der Waals surface area contributed by atoms with Crippen molar-refractivity contribution in [1.82, 2.24) is 10.2 Å². The van der Waals surface area contributed by atoms with Gasteiger partial charge in [0.25, 0.3) is 0 Å². The minimum atomic E-state index is 0.361. The normalized spacial score (nSPS) is 24.4. The molecule has 0 aromatic heterocycles. The monoisotopic (exact) mass is 264 g/mol. The SMILES string of the molecule is O=C(CNCC1CC1)N(CC1CC1)C1CCCCC1. The summed E-state index contributed by atoms with van der Waals surface area (Å²) in [4.78, 5) is 14.7. The quantitative estimate of drug-likeness (QED) is 0.766. The second-order valence-corrected chi connectivity index (χ2v) is 6.86. The van der Waals surface area contributed by atoms with Gasteiger partial charge in [0.05, 0.1) is 6.54 Å². The average molecular weight is 264 g/mol. The van der Waals surface area contributed by atoms with E-state index in [0.29, 0.717) is 18.5 Å². The summed E-state index contributed by atoms with van der Waals surface area (Å²) in [5.74, 6) is 2.04. The Hall–Kier alpha value is -0.570. The Morgan fingerprint density at radius 1 is 0.947 bits per heavy atom. The third-order valence-electron chi connectivity index (χ3n) is 4.89. The maximum absolute atomic E-state index is 12.5. The van der Waals surface area contributed by atoms with E-state index in [4.69, 9.17) is 0 Å². The van der Waals surface area contributed by atoms with Crippen LogP contribution in [0.5, 0.6) is 0 Å². The lowest BCUT2D eigenvalue weighted by Crippen LogP contribution is -2.46. The first-order valence-electron chi connectivity index (χ1n) is 8.33. The van der Waals surface area contributed by atoms with Crippen molar-refractivity contribution in [1.29, 1.82) is 0 Å². The fourth-order valence-corrected chi connectivity index (χ4v) is 3.23. The van der Waals surface area contributed by atoms with Gasteiger partial charge in [0.1, 0.15) is 0 Å². The van der Waals surface area contributed by atoms with Crippen molar-refractivity contribution in [3.63, 3.8) is 0 Å². The molecule has 0 atom stereocenters. The minimum absolute atomic E-state index is 0.361. The fourth-order valence-electron chi connectivity index (χ4n) is 3.23. The molecule has 0 aromatic rings. The Labute approximate surface area is 117 Å². The van der Waals surface area contributed by atoms with E-state index in [2.05, 4.69) is 10.2 Å². The highest BCUT2D eigenvalue weighted by atomic mass is 16.2. The van der Waals surface area contributed by atoms with Crippen LogP contribution in [-0.4, -0.2) is 36.5 Å². The van der Waals surface area contributed by atoms with Gasteiger partial charge in [0.2, 0.25) is 5.91 Å². The summed E-state index contributed by atoms with van der Waals surface area (Å²) in [6.45, 7) is 2.65. The lowest BCUT2D eigenvalue weighted by atomic mass is 9.94. The summed E-state index contributed by atoms with van der Waals surface area (Å²) in [7, 11) is 0. The van der Waals surface area contributed by atoms with Crippen LogP contribution < -0.4 is 5.32 Å². The zero-order chi connectivity index (χ0) is 13.1. The van der Waals surface area contributed by atoms with Gasteiger partial charge in [0.15, 0.2) is 0 Å². The lowest BCUT2D eigenvalue weighted by Gasteiger charge is -2.34. The highest BCUT2D eigenvalue weighted by molar-refractivity contribution is 5.78. The Bertz CT molecular complexity index is 304. The Balaban J connectivity index is 1.48. The Kier molecular flexibility index (Phi) is 4.42. The minimum Gasteiger partial charge on any atom is -0.338 e. The van der Waals surface area contributed by atoms with E-state index in [0.717, 1.165) is 24.9 Å². The number of nitrogens with zero attached hydrogens (tertiary/aromatic N) is 1. The van der Waals surface area contributed by atoms with E-state index in [9.17, 15) is 4.79 Å². The number of nitrogens with one attached hydrogen (secondary N) is 1. The largest absolute Gasteiger partial charge is 0.338 e. The summed E-state index contributed by atoms with van der Waals surface area (Å²) >= 11 is 0. The first kappa shape index (κ1) is 13.4. The molecule has 0 heterocycles. The van der Waals surface area contributed by atoms with Gasteiger partial charge in [-0.1, -0.05) is 19.3 Å². The molecule has 3 fully saturated rings. The molecule has 0 aliphatic heterocycles. The van der Waals surface area contributed by atoms with Crippen molar-refractivity contribution in [2.24, 2.45) is 11.8 Å². The predicted octanol–water partition coefficient (Wildman–Crippen LogP) is 2.56. The molecule has 3 heteroatoms. The van der Waals surface area contributed by atoms with E-state index < -0.39 is 0 Å². The molecule has 0 saturated heterocycles. The molecule has 19 heavy (non-hydrogen) atoms. The molecule has 0 radical (unpaired) electrons. The molecular weight excluding hydrogens is 236 g/mol. The van der Waals surface area contributed by atoms with Crippen LogP contribution in [0.3, 0.4) is 0 Å². The van der Waals surface area contributed by atoms with Gasteiger partial charge in [-0.15, -0.1) is 0 Å². The van der Waals surface area contributed by atoms with Gasteiger partial charge in [-0.25, -0.2) is 0 Å². The highest BCUT2D eigenvalue weighted by Crippen LogP contribution is 2.32. The van der Waals surface area contributed by atoms with Crippen LogP contribution in [0.15, 0.2) is 0 Å². The summed E-state index contributed by atoms with van der Waals surface area (Å²) in [5.41, 5.74) is 0. The number of amides is 1. The molecule has 0 spiro atoms. The first-order valence-corrected chi connectivity index (χ1v) is 8.33. The number of hydrogen-bond acceptors (Lipinski definition) is 2. The highest BCUT2D eigenvalue weighted by Gasteiger charge is 2.31. The molecule has 1 amide bonds. The molecule has 0 aromatic carbocycles. The molecule has 3 nitrogen and oxygen atoms in total. The Morgan fingerprint density at radius 3 is 2.26 bits per heavy atom. The number of carbonyl (C=O) groups excluding carboxylic acids is 1. The standard InChI is InChI=1S/C16H28N2O/c19-16(11-17-10-13-6-7-13)18(12-14-8-9-14)15-4-2-1-3-5-15/h13-15,17H,1-12H2. The van der Waals surface area contributed by atoms with Crippen molar-refractivity contribution in [3.8, 4) is 0 Å². The summed E-state index contributed by atoms with van der Waals surface area (Å²) in [5, 5.41) is 3.37. The van der Waals surface area contributed by atoms with Crippen LogP contribution in [0.4, 0.5) is 0 Å². The molecular formula is C16H28N2O. The van der Waals surface area contributed by atoms with Gasteiger partial charge in [-0.2, -0.15) is 0 Å². The van der Waals surface area contributed by atoms with Gasteiger partial charge in [0, 0.05) is 12.6 Å². The van der Waals surface area contributed by atoms with Gasteiger partial charge in [-0.05, 0) is 56.9 Å². The van der Waals surface area contributed by atoms with Gasteiger partial charge < -0.3 is 10.2 Å². The third-order valence-corrected chi connectivity index (χ3v) is 4.89. The number of hydrogen-bond donors (Lipinski definition) is 1. The van der Waals surface area contributed by atoms with Gasteiger partial charge >= 0.3 is 0 Å². The van der Waals surface area contributed by atoms with Crippen molar-refractivity contribution in [2.75, 3.05) is 19.6 Å². The molecule has 0 bridgehead atoms. The molecule has 3 aliphatic rings. The van der Waals surface area contributed by atoms with Crippen LogP contribution in [-0.2, 0) is 4.79 Å². The van der Waals surface area contributed by atoms with Crippen LogP contribution in [0.25, 0.3) is 0 Å². The summed E-state index contributed by atoms with van der Waals surface area (Å²) in [6.07, 6.45) is 11.9. The maximum atomic E-state index is 12.5. The zero-order valence-corrected chi connectivity index (χ0v) is 12.1. The molecule has 1 N–H and O–H groups in total. The van der Waals surface area contributed by atoms with E-state index >= 15 is 0 Å². The molecule has 3 saturated carbocycles. The second kappa shape index (κ2) is 6.25. The van der Waals surface area contributed by atoms with E-state index in [1.807, 2.05) is 0 Å². The lowest BCUT2D eigenvalue weighted by molar-refractivity contribution is -0.133. The Morgan fingerprint density at radius 2 is 1.63 bits per heavy atom. The van der Waals surface area contributed by atoms with E-state index in [1.54, 1.807) is 0 Å². The maximum Gasteiger partial charge on any atom is 0.236 e. The van der Waals surface area contributed by atoms with E-state index in [-0.39, 0.29) is 0 Å². The zero-order valence-electron chi connectivity index (χ0n) is 12.1. The van der Waals surface area contributed by atoms with Crippen molar-refractivity contribution >= 4 is 5.91 Å². The fraction of sp³-hybridized carbons (Fsp3) is 0.938. The van der Waals surface area contributed by atoms with E-state index in [1.165, 1.54) is 57.8 Å². The van der Waals surface area contributed by atoms with Crippen molar-refractivity contribution < 1.29 is 4.79 Å². The number of carbonyl (C=O) groups is 1. The molecule has 108 valence electrons. The smallest absolute Gasteiger partial charge is 0.236 e. The average Bonchev–Trinajstić information content (AvgIpc) is 3.31. The van der Waals surface area contributed by atoms with Crippen LogP contribution >= 0.6 is 0 Å². The van der Waals surface area contributed by atoms with Crippen molar-refractivity contribution in [3.05, 3.63) is 0 Å². The molecule has 3 rings (SSSR count). The predicted molar refractivity (Wildman–Crippen MR) is 76.9 cm³/mol. The van der Waals surface area contributed by atoms with Crippen molar-refractivity contribution in [2.45, 2.75) is 63.8 Å².